The van der Waals surface area contributed by atoms with Crippen LogP contribution in [0.3, 0.4) is 0 Å². The van der Waals surface area contributed by atoms with Gasteiger partial charge in [0, 0.05) is 30.3 Å². The van der Waals surface area contributed by atoms with E-state index >= 15 is 0 Å². The molecule has 188 valence electrons. The molecule has 9 heteroatoms. The lowest BCUT2D eigenvalue weighted by Gasteiger charge is -2.16. The largest absolute Gasteiger partial charge is 0.444 e. The molecular formula is C28H25N3O5S. The van der Waals surface area contributed by atoms with Gasteiger partial charge in [-0.25, -0.2) is 8.42 Å². The number of hydrogen-bond acceptors (Lipinski definition) is 5. The molecule has 0 bridgehead atoms. The second-order valence-corrected chi connectivity index (χ2v) is 10.7. The Morgan fingerprint density at radius 2 is 1.73 bits per heavy atom. The number of nitrogens with zero attached hydrogens (tertiary/aromatic N) is 1. The van der Waals surface area contributed by atoms with Crippen LogP contribution in [0.5, 0.6) is 0 Å². The van der Waals surface area contributed by atoms with E-state index in [-0.39, 0.29) is 29.8 Å². The Labute approximate surface area is 214 Å². The summed E-state index contributed by atoms with van der Waals surface area (Å²) >= 11 is 0. The molecule has 0 saturated heterocycles. The fourth-order valence-corrected chi connectivity index (χ4v) is 5.66. The number of carbonyl (C=O) groups excluding carboxylic acids is 2. The van der Waals surface area contributed by atoms with Gasteiger partial charge in [0.1, 0.15) is 5.76 Å². The van der Waals surface area contributed by atoms with Crippen LogP contribution >= 0.6 is 0 Å². The van der Waals surface area contributed by atoms with Crippen LogP contribution in [0.25, 0.3) is 10.8 Å². The topological polar surface area (TPSA) is 109 Å². The third kappa shape index (κ3) is 5.18. The van der Waals surface area contributed by atoms with Gasteiger partial charge in [-0.1, -0.05) is 49.0 Å². The first-order chi connectivity index (χ1) is 17.8. The quantitative estimate of drug-likeness (QED) is 0.341. The zero-order valence-corrected chi connectivity index (χ0v) is 20.8. The van der Waals surface area contributed by atoms with Crippen LogP contribution in [-0.4, -0.2) is 31.1 Å². The third-order valence-corrected chi connectivity index (χ3v) is 8.07. The molecule has 4 aromatic rings. The van der Waals surface area contributed by atoms with Gasteiger partial charge < -0.3 is 9.73 Å². The highest BCUT2D eigenvalue weighted by molar-refractivity contribution is 7.89. The molecule has 0 fully saturated rings. The molecule has 0 radical (unpaired) electrons. The molecule has 37 heavy (non-hydrogen) atoms. The van der Waals surface area contributed by atoms with Crippen LogP contribution in [0.2, 0.25) is 0 Å². The van der Waals surface area contributed by atoms with Gasteiger partial charge in [-0.05, 0) is 53.1 Å². The minimum atomic E-state index is -3.79. The first-order valence-electron chi connectivity index (χ1n) is 11.7. The normalized spacial score (nSPS) is 13.3. The van der Waals surface area contributed by atoms with Crippen LogP contribution in [0.1, 0.15) is 27.2 Å². The van der Waals surface area contributed by atoms with E-state index in [0.29, 0.717) is 29.9 Å². The Balaban J connectivity index is 1.18. The van der Waals surface area contributed by atoms with Crippen molar-refractivity contribution in [3.05, 3.63) is 108 Å². The van der Waals surface area contributed by atoms with Gasteiger partial charge in [-0.15, -0.1) is 0 Å². The molecule has 1 aliphatic heterocycles. The van der Waals surface area contributed by atoms with Crippen molar-refractivity contribution in [3.63, 3.8) is 0 Å². The molecule has 0 spiro atoms. The van der Waals surface area contributed by atoms with Crippen LogP contribution in [-0.2, 0) is 34.3 Å². The predicted molar refractivity (Wildman–Crippen MR) is 140 cm³/mol. The van der Waals surface area contributed by atoms with E-state index in [9.17, 15) is 18.0 Å². The Bertz CT molecular complexity index is 1580. The van der Waals surface area contributed by atoms with E-state index < -0.39 is 15.9 Å². The predicted octanol–water partition coefficient (Wildman–Crippen LogP) is 4.23. The smallest absolute Gasteiger partial charge is 0.251 e. The Kier molecular flexibility index (Phi) is 6.64. The maximum atomic E-state index is 13.1. The number of carbonyl (C=O) groups is 2. The molecule has 0 atom stereocenters. The van der Waals surface area contributed by atoms with Gasteiger partial charge >= 0.3 is 0 Å². The van der Waals surface area contributed by atoms with Gasteiger partial charge in [-0.3, -0.25) is 14.9 Å². The van der Waals surface area contributed by atoms with Gasteiger partial charge in [-0.2, -0.15) is 4.31 Å². The molecule has 3 aromatic carbocycles. The van der Waals surface area contributed by atoms with Gasteiger partial charge in [0.05, 0.1) is 11.4 Å². The molecule has 2 heterocycles. The number of amides is 2. The van der Waals surface area contributed by atoms with E-state index in [1.54, 1.807) is 6.07 Å². The summed E-state index contributed by atoms with van der Waals surface area (Å²) in [6, 6.07) is 21.8. The van der Waals surface area contributed by atoms with E-state index in [1.165, 1.54) is 34.0 Å². The summed E-state index contributed by atoms with van der Waals surface area (Å²) < 4.78 is 33.1. The lowest BCUT2D eigenvalue weighted by atomic mass is 10.1. The molecule has 1 aromatic heterocycles. The first-order valence-corrected chi connectivity index (χ1v) is 13.2. The fraction of sp³-hybridized carbons (Fsp3) is 0.143. The van der Waals surface area contributed by atoms with Crippen molar-refractivity contribution in [2.75, 3.05) is 11.9 Å². The zero-order valence-electron chi connectivity index (χ0n) is 19.9. The van der Waals surface area contributed by atoms with Crippen molar-refractivity contribution in [2.45, 2.75) is 24.4 Å². The minimum Gasteiger partial charge on any atom is -0.444 e. The summed E-state index contributed by atoms with van der Waals surface area (Å²) in [4.78, 5) is 24.1. The third-order valence-electron chi connectivity index (χ3n) is 6.26. The number of fused-ring (bicyclic) bond motifs is 2. The summed E-state index contributed by atoms with van der Waals surface area (Å²) in [7, 11) is -3.79. The van der Waals surface area contributed by atoms with E-state index in [0.717, 1.165) is 17.0 Å². The molecule has 2 amide bonds. The van der Waals surface area contributed by atoms with Crippen molar-refractivity contribution in [2.24, 2.45) is 0 Å². The fourth-order valence-electron chi connectivity index (χ4n) is 4.29. The van der Waals surface area contributed by atoms with E-state index in [1.807, 2.05) is 12.1 Å². The van der Waals surface area contributed by atoms with Crippen molar-refractivity contribution in [1.82, 2.24) is 9.62 Å². The van der Waals surface area contributed by atoms with Crippen LogP contribution in [0.15, 0.2) is 94.8 Å². The van der Waals surface area contributed by atoms with Gasteiger partial charge in [0.15, 0.2) is 5.88 Å². The van der Waals surface area contributed by atoms with Crippen LogP contribution in [0, 0.1) is 0 Å². The number of rotatable bonds is 8. The number of benzene rings is 3. The number of anilines is 1. The highest BCUT2D eigenvalue weighted by Gasteiger charge is 2.33. The number of nitrogens with one attached hydrogen (secondary N) is 2. The first kappa shape index (κ1) is 24.5. The number of sulfonamides is 1. The number of hydrogen-bond donors (Lipinski definition) is 2. The average molecular weight is 516 g/mol. The molecule has 0 saturated carbocycles. The maximum Gasteiger partial charge on any atom is 0.251 e. The minimum absolute atomic E-state index is 0.0542. The molecule has 8 nitrogen and oxygen atoms in total. The SMILES string of the molecule is C=CC(=O)Nc1cc2c(o1)CN(S(=O)(=O)c1ccc(C(=O)NCCc3ccc4ccccc4c3)cc1)C2. The van der Waals surface area contributed by atoms with Gasteiger partial charge in [0.2, 0.25) is 15.9 Å². The second kappa shape index (κ2) is 10.0. The molecule has 2 N–H and O–H groups in total. The molecule has 1 aliphatic rings. The summed E-state index contributed by atoms with van der Waals surface area (Å²) in [5.41, 5.74) is 2.19. The molecule has 0 unspecified atom stereocenters. The summed E-state index contributed by atoms with van der Waals surface area (Å²) in [5.74, 6) is 0.0576. The van der Waals surface area contributed by atoms with Crippen molar-refractivity contribution >= 4 is 38.5 Å². The summed E-state index contributed by atoms with van der Waals surface area (Å²) in [5, 5.41) is 7.75. The van der Waals surface area contributed by atoms with Gasteiger partial charge in [0.25, 0.3) is 5.91 Å². The maximum absolute atomic E-state index is 13.1. The molecule has 0 aliphatic carbocycles. The van der Waals surface area contributed by atoms with Crippen molar-refractivity contribution in [1.29, 1.82) is 0 Å². The Hall–Kier alpha value is -4.21. The lowest BCUT2D eigenvalue weighted by Crippen LogP contribution is -2.27. The highest BCUT2D eigenvalue weighted by Crippen LogP contribution is 2.32. The van der Waals surface area contributed by atoms with Crippen LogP contribution in [0.4, 0.5) is 5.88 Å². The monoisotopic (exact) mass is 515 g/mol. The highest BCUT2D eigenvalue weighted by atomic mass is 32.2. The average Bonchev–Trinajstić information content (AvgIpc) is 3.48. The zero-order chi connectivity index (χ0) is 26.0. The van der Waals surface area contributed by atoms with E-state index in [2.05, 4.69) is 47.5 Å². The van der Waals surface area contributed by atoms with E-state index in [4.69, 9.17) is 4.42 Å². The summed E-state index contributed by atoms with van der Waals surface area (Å²) in [6.07, 6.45) is 1.81. The second-order valence-electron chi connectivity index (χ2n) is 8.74. The molecule has 5 rings (SSSR count). The summed E-state index contributed by atoms with van der Waals surface area (Å²) in [6.45, 7) is 4.03. The van der Waals surface area contributed by atoms with Crippen molar-refractivity contribution in [3.8, 4) is 0 Å². The van der Waals surface area contributed by atoms with Crippen molar-refractivity contribution < 1.29 is 22.4 Å². The number of furan rings is 1. The van der Waals surface area contributed by atoms with Crippen LogP contribution < -0.4 is 10.6 Å². The standard InChI is InChI=1S/C28H25N3O5S/c1-2-26(32)30-27-16-23-17-31(18-25(23)36-27)37(34,35)24-11-9-21(10-12-24)28(33)29-14-13-19-7-8-20-5-3-4-6-22(20)15-19/h2-12,15-16H,1,13-14,17-18H2,(H,29,33)(H,30,32). The lowest BCUT2D eigenvalue weighted by molar-refractivity contribution is -0.112. The Morgan fingerprint density at radius 1 is 0.973 bits per heavy atom. The Morgan fingerprint density at radius 3 is 2.46 bits per heavy atom. The molecular weight excluding hydrogens is 490 g/mol.